The van der Waals surface area contributed by atoms with Crippen molar-refractivity contribution in [2.45, 2.75) is 19.5 Å². The second-order valence-corrected chi connectivity index (χ2v) is 6.35. The molecule has 3 aromatic heterocycles. The van der Waals surface area contributed by atoms with Gasteiger partial charge in [0.1, 0.15) is 5.76 Å². The first-order valence-electron chi connectivity index (χ1n) is 7.79. The Kier molecular flexibility index (Phi) is 5.63. The van der Waals surface area contributed by atoms with Crippen molar-refractivity contribution in [3.63, 3.8) is 0 Å². The number of thiophene rings is 1. The number of urea groups is 1. The molecule has 0 bridgehead atoms. The lowest BCUT2D eigenvalue weighted by atomic mass is 10.3. The van der Waals surface area contributed by atoms with Gasteiger partial charge in [-0.05, 0) is 35.7 Å². The van der Waals surface area contributed by atoms with E-state index < -0.39 is 0 Å². The molecule has 3 aromatic rings. The summed E-state index contributed by atoms with van der Waals surface area (Å²) in [6.45, 7) is 1.56. The Hall–Kier alpha value is -2.60. The number of carbonyl (C=O) groups excluding carboxylic acids is 1. The third-order valence-corrected chi connectivity index (χ3v) is 4.39. The lowest BCUT2D eigenvalue weighted by Crippen LogP contribution is -2.39. The van der Waals surface area contributed by atoms with Gasteiger partial charge in [-0.3, -0.25) is 4.98 Å². The molecule has 1 N–H and O–H groups in total. The van der Waals surface area contributed by atoms with Gasteiger partial charge in [0.15, 0.2) is 0 Å². The lowest BCUT2D eigenvalue weighted by molar-refractivity contribution is 0.188. The van der Waals surface area contributed by atoms with Crippen LogP contribution < -0.4 is 5.32 Å². The van der Waals surface area contributed by atoms with E-state index >= 15 is 0 Å². The van der Waals surface area contributed by atoms with Crippen LogP contribution in [0.2, 0.25) is 0 Å². The van der Waals surface area contributed by atoms with Gasteiger partial charge < -0.3 is 14.6 Å². The smallest absolute Gasteiger partial charge is 0.318 e. The summed E-state index contributed by atoms with van der Waals surface area (Å²) >= 11 is 1.64. The number of nitrogens with zero attached hydrogens (tertiary/aromatic N) is 2. The van der Waals surface area contributed by atoms with E-state index in [9.17, 15) is 4.79 Å². The molecule has 5 nitrogen and oxygen atoms in total. The summed E-state index contributed by atoms with van der Waals surface area (Å²) in [5.41, 5.74) is 0.966. The van der Waals surface area contributed by atoms with Gasteiger partial charge in [-0.2, -0.15) is 0 Å². The number of amides is 2. The van der Waals surface area contributed by atoms with Gasteiger partial charge in [0, 0.05) is 29.7 Å². The predicted octanol–water partition coefficient (Wildman–Crippen LogP) is 3.69. The first kappa shape index (κ1) is 16.3. The summed E-state index contributed by atoms with van der Waals surface area (Å²) in [5.74, 6) is 0.770. The van der Waals surface area contributed by atoms with Crippen LogP contribution >= 0.6 is 11.3 Å². The summed E-state index contributed by atoms with van der Waals surface area (Å²) < 4.78 is 5.38. The molecule has 3 heterocycles. The molecular formula is C18H19N3O2S. The second-order valence-electron chi connectivity index (χ2n) is 5.32. The van der Waals surface area contributed by atoms with Crippen molar-refractivity contribution < 1.29 is 9.21 Å². The van der Waals surface area contributed by atoms with E-state index in [0.717, 1.165) is 16.3 Å². The number of pyridine rings is 1. The Bertz CT molecular complexity index is 691. The number of rotatable bonds is 7. The number of aromatic nitrogens is 1. The minimum Gasteiger partial charge on any atom is -0.467 e. The molecule has 0 aliphatic carbocycles. The largest absolute Gasteiger partial charge is 0.467 e. The van der Waals surface area contributed by atoms with E-state index in [0.29, 0.717) is 26.1 Å². The van der Waals surface area contributed by atoms with E-state index in [1.54, 1.807) is 28.7 Å². The number of furan rings is 1. The predicted molar refractivity (Wildman–Crippen MR) is 93.6 cm³/mol. The maximum atomic E-state index is 12.5. The highest BCUT2D eigenvalue weighted by Gasteiger charge is 2.16. The molecule has 6 heteroatoms. The summed E-state index contributed by atoms with van der Waals surface area (Å²) in [4.78, 5) is 19.7. The minimum absolute atomic E-state index is 0.101. The van der Waals surface area contributed by atoms with E-state index in [2.05, 4.69) is 10.3 Å². The maximum absolute atomic E-state index is 12.5. The molecule has 0 saturated heterocycles. The van der Waals surface area contributed by atoms with Crippen LogP contribution in [-0.4, -0.2) is 22.5 Å². The Balaban J connectivity index is 1.57. The van der Waals surface area contributed by atoms with Crippen molar-refractivity contribution in [1.82, 2.24) is 15.2 Å². The van der Waals surface area contributed by atoms with Crippen LogP contribution in [0.4, 0.5) is 4.79 Å². The third-order valence-electron chi connectivity index (χ3n) is 3.52. The quantitative estimate of drug-likeness (QED) is 0.713. The minimum atomic E-state index is -0.101. The van der Waals surface area contributed by atoms with Crippen molar-refractivity contribution in [1.29, 1.82) is 0 Å². The highest BCUT2D eigenvalue weighted by molar-refractivity contribution is 7.09. The molecular weight excluding hydrogens is 322 g/mol. The van der Waals surface area contributed by atoms with Crippen LogP contribution in [0.5, 0.6) is 0 Å². The van der Waals surface area contributed by atoms with Crippen molar-refractivity contribution in [3.05, 3.63) is 76.6 Å². The molecule has 0 fully saturated rings. The Morgan fingerprint density at radius 3 is 2.83 bits per heavy atom. The number of carbonyl (C=O) groups is 1. The molecule has 3 rings (SSSR count). The second kappa shape index (κ2) is 8.31. The van der Waals surface area contributed by atoms with Gasteiger partial charge in [-0.15, -0.1) is 11.3 Å². The first-order valence-corrected chi connectivity index (χ1v) is 8.66. The zero-order valence-electron chi connectivity index (χ0n) is 13.2. The molecule has 124 valence electrons. The van der Waals surface area contributed by atoms with Gasteiger partial charge in [0.05, 0.1) is 19.4 Å². The monoisotopic (exact) mass is 341 g/mol. The number of nitrogens with one attached hydrogen (secondary N) is 1. The van der Waals surface area contributed by atoms with Crippen molar-refractivity contribution in [2.75, 3.05) is 6.54 Å². The Labute approximate surface area is 144 Å². The Morgan fingerprint density at radius 1 is 1.17 bits per heavy atom. The van der Waals surface area contributed by atoms with Gasteiger partial charge in [-0.25, -0.2) is 4.79 Å². The molecule has 0 saturated carbocycles. The van der Waals surface area contributed by atoms with Crippen LogP contribution in [0.3, 0.4) is 0 Å². The Morgan fingerprint density at radius 2 is 2.12 bits per heavy atom. The van der Waals surface area contributed by atoms with Crippen molar-refractivity contribution in [2.24, 2.45) is 0 Å². The maximum Gasteiger partial charge on any atom is 0.318 e. The highest BCUT2D eigenvalue weighted by atomic mass is 32.1. The molecule has 0 unspecified atom stereocenters. The summed E-state index contributed by atoms with van der Waals surface area (Å²) in [6, 6.07) is 13.4. The van der Waals surface area contributed by atoms with Gasteiger partial charge in [0.25, 0.3) is 0 Å². The van der Waals surface area contributed by atoms with Crippen LogP contribution in [0.15, 0.2) is 64.7 Å². The van der Waals surface area contributed by atoms with E-state index in [-0.39, 0.29) is 6.03 Å². The molecule has 0 atom stereocenters. The third kappa shape index (κ3) is 4.70. The fourth-order valence-corrected chi connectivity index (χ4v) is 3.06. The van der Waals surface area contributed by atoms with Crippen molar-refractivity contribution in [3.8, 4) is 0 Å². The van der Waals surface area contributed by atoms with Gasteiger partial charge >= 0.3 is 6.03 Å². The highest BCUT2D eigenvalue weighted by Crippen LogP contribution is 2.15. The first-order chi connectivity index (χ1) is 11.8. The molecule has 0 spiro atoms. The molecule has 24 heavy (non-hydrogen) atoms. The van der Waals surface area contributed by atoms with Gasteiger partial charge in [0.2, 0.25) is 0 Å². The standard InChI is InChI=1S/C18H19N3O2S/c22-18(20-10-8-15-5-1-2-9-19-15)21(13-16-6-3-11-23-16)14-17-7-4-12-24-17/h1-7,9,11-12H,8,10,13-14H2,(H,20,22). The fourth-order valence-electron chi connectivity index (χ4n) is 2.34. The average Bonchev–Trinajstić information content (AvgIpc) is 3.29. The zero-order valence-corrected chi connectivity index (χ0v) is 14.0. The van der Waals surface area contributed by atoms with E-state index in [1.807, 2.05) is 47.8 Å². The van der Waals surface area contributed by atoms with E-state index in [1.165, 1.54) is 0 Å². The summed E-state index contributed by atoms with van der Waals surface area (Å²) in [6.07, 6.45) is 4.09. The number of hydrogen-bond acceptors (Lipinski definition) is 4. The topological polar surface area (TPSA) is 58.4 Å². The fraction of sp³-hybridized carbons (Fsp3) is 0.222. The number of hydrogen-bond donors (Lipinski definition) is 1. The van der Waals surface area contributed by atoms with Crippen LogP contribution in [-0.2, 0) is 19.5 Å². The normalized spacial score (nSPS) is 10.5. The van der Waals surface area contributed by atoms with Gasteiger partial charge in [-0.1, -0.05) is 12.1 Å². The van der Waals surface area contributed by atoms with E-state index in [4.69, 9.17) is 4.42 Å². The molecule has 2 amide bonds. The molecule has 0 aliphatic heterocycles. The molecule has 0 aromatic carbocycles. The van der Waals surface area contributed by atoms with Crippen LogP contribution in [0, 0.1) is 0 Å². The lowest BCUT2D eigenvalue weighted by Gasteiger charge is -2.21. The zero-order chi connectivity index (χ0) is 16.6. The SMILES string of the molecule is O=C(NCCc1ccccn1)N(Cc1ccco1)Cc1cccs1. The molecule has 0 radical (unpaired) electrons. The molecule has 0 aliphatic rings. The average molecular weight is 341 g/mol. The summed E-state index contributed by atoms with van der Waals surface area (Å²) in [5, 5.41) is 4.98. The van der Waals surface area contributed by atoms with Crippen LogP contribution in [0.1, 0.15) is 16.3 Å². The van der Waals surface area contributed by atoms with Crippen LogP contribution in [0.25, 0.3) is 0 Å². The van der Waals surface area contributed by atoms with Crippen molar-refractivity contribution >= 4 is 17.4 Å². The summed E-state index contributed by atoms with van der Waals surface area (Å²) in [7, 11) is 0.